The molecule has 0 aliphatic rings. The highest BCUT2D eigenvalue weighted by molar-refractivity contribution is 6.32. The van der Waals surface area contributed by atoms with Gasteiger partial charge >= 0.3 is 0 Å². The van der Waals surface area contributed by atoms with Crippen LogP contribution in [0.5, 0.6) is 11.5 Å². The van der Waals surface area contributed by atoms with Crippen LogP contribution in [0, 0.1) is 0 Å². The predicted octanol–water partition coefficient (Wildman–Crippen LogP) is 4.41. The second-order valence-corrected chi connectivity index (χ2v) is 5.59. The van der Waals surface area contributed by atoms with Crippen molar-refractivity contribution in [2.45, 2.75) is 40.0 Å². The first-order valence-electron chi connectivity index (χ1n) is 7.45. The van der Waals surface area contributed by atoms with E-state index in [4.69, 9.17) is 25.5 Å². The molecular weight excluding hydrogens is 302 g/mol. The maximum Gasteiger partial charge on any atom is 0.180 e. The summed E-state index contributed by atoms with van der Waals surface area (Å²) in [6.45, 7) is 7.76. The first-order valence-corrected chi connectivity index (χ1v) is 7.83. The van der Waals surface area contributed by atoms with Gasteiger partial charge in [0.25, 0.3) is 0 Å². The van der Waals surface area contributed by atoms with Crippen LogP contribution >= 0.6 is 11.6 Å². The number of furan rings is 1. The summed E-state index contributed by atoms with van der Waals surface area (Å²) < 4.78 is 16.7. The molecule has 0 bridgehead atoms. The van der Waals surface area contributed by atoms with Gasteiger partial charge < -0.3 is 19.2 Å². The minimum atomic E-state index is 0.0413. The zero-order chi connectivity index (χ0) is 15.9. The topological polar surface area (TPSA) is 43.6 Å². The molecule has 0 saturated carbocycles. The molecule has 5 heteroatoms. The number of ether oxygens (including phenoxy) is 2. The van der Waals surface area contributed by atoms with E-state index in [2.05, 4.69) is 5.32 Å². The van der Waals surface area contributed by atoms with Crippen LogP contribution in [0.3, 0.4) is 0 Å². The maximum atomic E-state index is 6.34. The standard InChI is InChI=1S/C17H22ClNO3/c1-4-20-16-9-13(8-15(18)17(16)22-12(2)3)10-19-11-14-6-5-7-21-14/h5-9,12,19H,4,10-11H2,1-3H3. The van der Waals surface area contributed by atoms with Crippen LogP contribution in [0.25, 0.3) is 0 Å². The molecule has 0 spiro atoms. The summed E-state index contributed by atoms with van der Waals surface area (Å²) in [6.07, 6.45) is 1.71. The van der Waals surface area contributed by atoms with Gasteiger partial charge in [0.2, 0.25) is 0 Å². The molecule has 0 aliphatic carbocycles. The van der Waals surface area contributed by atoms with E-state index >= 15 is 0 Å². The third kappa shape index (κ3) is 4.68. The minimum absolute atomic E-state index is 0.0413. The predicted molar refractivity (Wildman–Crippen MR) is 87.6 cm³/mol. The van der Waals surface area contributed by atoms with Gasteiger partial charge in [0, 0.05) is 6.54 Å². The first-order chi connectivity index (χ1) is 10.6. The average molecular weight is 324 g/mol. The van der Waals surface area contributed by atoms with E-state index in [9.17, 15) is 0 Å². The van der Waals surface area contributed by atoms with Crippen LogP contribution in [0.15, 0.2) is 34.9 Å². The summed E-state index contributed by atoms with van der Waals surface area (Å²) in [4.78, 5) is 0. The lowest BCUT2D eigenvalue weighted by molar-refractivity contribution is 0.224. The van der Waals surface area contributed by atoms with E-state index in [0.29, 0.717) is 36.2 Å². The number of hydrogen-bond acceptors (Lipinski definition) is 4. The van der Waals surface area contributed by atoms with Crippen molar-refractivity contribution >= 4 is 11.6 Å². The Bertz CT molecular complexity index is 582. The van der Waals surface area contributed by atoms with Crippen molar-refractivity contribution in [1.82, 2.24) is 5.32 Å². The van der Waals surface area contributed by atoms with E-state index in [1.807, 2.05) is 45.0 Å². The highest BCUT2D eigenvalue weighted by Crippen LogP contribution is 2.37. The Balaban J connectivity index is 2.07. The Morgan fingerprint density at radius 2 is 2.09 bits per heavy atom. The van der Waals surface area contributed by atoms with Crippen LogP contribution in [-0.4, -0.2) is 12.7 Å². The van der Waals surface area contributed by atoms with E-state index < -0.39 is 0 Å². The summed E-state index contributed by atoms with van der Waals surface area (Å²) in [5, 5.41) is 3.88. The van der Waals surface area contributed by atoms with Gasteiger partial charge in [-0.15, -0.1) is 0 Å². The highest BCUT2D eigenvalue weighted by atomic mass is 35.5. The van der Waals surface area contributed by atoms with Crippen LogP contribution in [0.2, 0.25) is 5.02 Å². The monoisotopic (exact) mass is 323 g/mol. The molecule has 0 aliphatic heterocycles. The van der Waals surface area contributed by atoms with E-state index in [1.165, 1.54) is 0 Å². The van der Waals surface area contributed by atoms with E-state index in [-0.39, 0.29) is 6.10 Å². The molecule has 1 aromatic heterocycles. The van der Waals surface area contributed by atoms with Crippen molar-refractivity contribution in [3.05, 3.63) is 46.9 Å². The molecule has 0 unspecified atom stereocenters. The van der Waals surface area contributed by atoms with Gasteiger partial charge in [0.1, 0.15) is 5.76 Å². The van der Waals surface area contributed by atoms with Crippen LogP contribution in [0.4, 0.5) is 0 Å². The van der Waals surface area contributed by atoms with Gasteiger partial charge in [-0.05, 0) is 50.6 Å². The normalized spacial score (nSPS) is 11.0. The first kappa shape index (κ1) is 16.7. The molecule has 1 heterocycles. The molecule has 120 valence electrons. The third-order valence-corrected chi connectivity index (χ3v) is 3.21. The molecule has 0 radical (unpaired) electrons. The number of nitrogens with one attached hydrogen (secondary N) is 1. The van der Waals surface area contributed by atoms with Crippen molar-refractivity contribution in [3.8, 4) is 11.5 Å². The van der Waals surface area contributed by atoms with Crippen molar-refractivity contribution in [2.75, 3.05) is 6.61 Å². The van der Waals surface area contributed by atoms with Gasteiger partial charge in [0.05, 0.1) is 30.5 Å². The van der Waals surface area contributed by atoms with Gasteiger partial charge in [-0.1, -0.05) is 11.6 Å². The van der Waals surface area contributed by atoms with Gasteiger partial charge in [-0.2, -0.15) is 0 Å². The second kappa shape index (κ2) is 8.11. The summed E-state index contributed by atoms with van der Waals surface area (Å²) in [7, 11) is 0. The fraction of sp³-hybridized carbons (Fsp3) is 0.412. The molecule has 4 nitrogen and oxygen atoms in total. The fourth-order valence-electron chi connectivity index (χ4n) is 2.08. The lowest BCUT2D eigenvalue weighted by atomic mass is 10.2. The van der Waals surface area contributed by atoms with Crippen molar-refractivity contribution in [2.24, 2.45) is 0 Å². The summed E-state index contributed by atoms with van der Waals surface area (Å²) >= 11 is 6.34. The lowest BCUT2D eigenvalue weighted by Gasteiger charge is -2.17. The molecule has 22 heavy (non-hydrogen) atoms. The van der Waals surface area contributed by atoms with E-state index in [1.54, 1.807) is 6.26 Å². The largest absolute Gasteiger partial charge is 0.490 e. The molecule has 0 amide bonds. The molecule has 2 rings (SSSR count). The molecule has 0 atom stereocenters. The quantitative estimate of drug-likeness (QED) is 0.781. The third-order valence-electron chi connectivity index (χ3n) is 2.93. The second-order valence-electron chi connectivity index (χ2n) is 5.19. The minimum Gasteiger partial charge on any atom is -0.490 e. The van der Waals surface area contributed by atoms with Gasteiger partial charge in [0.15, 0.2) is 11.5 Å². The van der Waals surface area contributed by atoms with E-state index in [0.717, 1.165) is 11.3 Å². The number of halogens is 1. The number of hydrogen-bond donors (Lipinski definition) is 1. The Kier molecular flexibility index (Phi) is 6.16. The Hall–Kier alpha value is -1.65. The summed E-state index contributed by atoms with van der Waals surface area (Å²) in [5.74, 6) is 2.18. The van der Waals surface area contributed by atoms with Gasteiger partial charge in [-0.3, -0.25) is 0 Å². The lowest BCUT2D eigenvalue weighted by Crippen LogP contribution is -2.13. The molecule has 1 N–H and O–H groups in total. The zero-order valence-corrected chi connectivity index (χ0v) is 13.9. The zero-order valence-electron chi connectivity index (χ0n) is 13.2. The molecule has 0 saturated heterocycles. The van der Waals surface area contributed by atoms with Crippen LogP contribution in [-0.2, 0) is 13.1 Å². The fourth-order valence-corrected chi connectivity index (χ4v) is 2.36. The molecule has 2 aromatic rings. The molecule has 0 fully saturated rings. The Morgan fingerprint density at radius 3 is 2.73 bits per heavy atom. The smallest absolute Gasteiger partial charge is 0.180 e. The maximum absolute atomic E-state index is 6.34. The van der Waals surface area contributed by atoms with Crippen molar-refractivity contribution < 1.29 is 13.9 Å². The number of benzene rings is 1. The summed E-state index contributed by atoms with van der Waals surface area (Å²) in [5.41, 5.74) is 1.04. The van der Waals surface area contributed by atoms with Crippen LogP contribution in [0.1, 0.15) is 32.1 Å². The Labute approximate surface area is 136 Å². The Morgan fingerprint density at radius 1 is 1.27 bits per heavy atom. The molecular formula is C17H22ClNO3. The number of rotatable bonds is 8. The van der Waals surface area contributed by atoms with Crippen LogP contribution < -0.4 is 14.8 Å². The highest BCUT2D eigenvalue weighted by Gasteiger charge is 2.14. The average Bonchev–Trinajstić information content (AvgIpc) is 2.96. The molecule has 1 aromatic carbocycles. The van der Waals surface area contributed by atoms with Crippen molar-refractivity contribution in [3.63, 3.8) is 0 Å². The van der Waals surface area contributed by atoms with Crippen molar-refractivity contribution in [1.29, 1.82) is 0 Å². The SMILES string of the molecule is CCOc1cc(CNCc2ccco2)cc(Cl)c1OC(C)C. The van der Waals surface area contributed by atoms with Gasteiger partial charge in [-0.25, -0.2) is 0 Å². The summed E-state index contributed by atoms with van der Waals surface area (Å²) in [6, 6.07) is 7.67.